The molecule has 0 aromatic heterocycles. The Morgan fingerprint density at radius 1 is 1.30 bits per heavy atom. The third-order valence-electron chi connectivity index (χ3n) is 3.43. The van der Waals surface area contributed by atoms with Crippen molar-refractivity contribution < 1.29 is 13.2 Å². The number of hydrogen-bond donors (Lipinski definition) is 1. The van der Waals surface area contributed by atoms with Crippen LogP contribution in [0.1, 0.15) is 13.8 Å². The highest BCUT2D eigenvalue weighted by molar-refractivity contribution is 9.10. The highest BCUT2D eigenvalue weighted by Crippen LogP contribution is 2.32. The van der Waals surface area contributed by atoms with Crippen LogP contribution >= 0.6 is 15.9 Å². The van der Waals surface area contributed by atoms with Crippen LogP contribution in [-0.2, 0) is 10.0 Å². The molecule has 1 heterocycles. The fraction of sp³-hybridized carbons (Fsp3) is 0.538. The second kappa shape index (κ2) is 6.01. The summed E-state index contributed by atoms with van der Waals surface area (Å²) in [5.74, 6) is 0.367. The number of piperazine rings is 1. The smallest absolute Gasteiger partial charge is 0.247 e. The molecule has 0 bridgehead atoms. The van der Waals surface area contributed by atoms with Gasteiger partial charge in [-0.15, -0.1) is 0 Å². The van der Waals surface area contributed by atoms with E-state index < -0.39 is 10.0 Å². The summed E-state index contributed by atoms with van der Waals surface area (Å²) < 4.78 is 33.4. The molecule has 112 valence electrons. The zero-order valence-corrected chi connectivity index (χ0v) is 14.2. The standard InChI is InChI=1S/C13H19BrN2O3S/c1-9-7-15-8-10(2)16(9)20(17,18)13-6-11(14)4-5-12(13)19-3/h4-6,9-10,15H,7-8H2,1-3H3. The Hall–Kier alpha value is -0.630. The molecule has 1 aliphatic heterocycles. The summed E-state index contributed by atoms with van der Waals surface area (Å²) in [4.78, 5) is 0.204. The number of benzene rings is 1. The zero-order valence-electron chi connectivity index (χ0n) is 11.8. The SMILES string of the molecule is COc1ccc(Br)cc1S(=O)(=O)N1C(C)CNCC1C. The van der Waals surface area contributed by atoms with Crippen LogP contribution in [0.5, 0.6) is 5.75 Å². The maximum absolute atomic E-state index is 12.9. The average Bonchev–Trinajstić information content (AvgIpc) is 2.38. The summed E-state index contributed by atoms with van der Waals surface area (Å²) in [5, 5.41) is 3.23. The number of ether oxygens (including phenoxy) is 1. The van der Waals surface area contributed by atoms with Crippen molar-refractivity contribution in [3.8, 4) is 5.75 Å². The van der Waals surface area contributed by atoms with Crippen molar-refractivity contribution in [3.05, 3.63) is 22.7 Å². The maximum Gasteiger partial charge on any atom is 0.247 e. The van der Waals surface area contributed by atoms with Gasteiger partial charge < -0.3 is 10.1 Å². The highest BCUT2D eigenvalue weighted by Gasteiger charge is 2.37. The molecule has 0 spiro atoms. The van der Waals surface area contributed by atoms with Crippen molar-refractivity contribution in [3.63, 3.8) is 0 Å². The predicted molar refractivity (Wildman–Crippen MR) is 81.5 cm³/mol. The molecule has 0 saturated carbocycles. The third-order valence-corrected chi connectivity index (χ3v) is 6.07. The second-order valence-corrected chi connectivity index (χ2v) is 7.71. The molecule has 2 atom stereocenters. The monoisotopic (exact) mass is 362 g/mol. The first-order valence-corrected chi connectivity index (χ1v) is 8.69. The largest absolute Gasteiger partial charge is 0.495 e. The minimum atomic E-state index is -3.59. The van der Waals surface area contributed by atoms with E-state index in [1.807, 2.05) is 13.8 Å². The van der Waals surface area contributed by atoms with Gasteiger partial charge in [0, 0.05) is 29.6 Å². The Morgan fingerprint density at radius 2 is 1.90 bits per heavy atom. The first kappa shape index (κ1) is 15.8. The Kier molecular flexibility index (Phi) is 4.73. The molecule has 2 unspecified atom stereocenters. The number of methoxy groups -OCH3 is 1. The van der Waals surface area contributed by atoms with E-state index in [2.05, 4.69) is 21.2 Å². The summed E-state index contributed by atoms with van der Waals surface area (Å²) in [6.07, 6.45) is 0. The molecule has 1 aromatic carbocycles. The molecular weight excluding hydrogens is 344 g/mol. The van der Waals surface area contributed by atoms with Crippen molar-refractivity contribution >= 4 is 26.0 Å². The van der Waals surface area contributed by atoms with Crippen LogP contribution in [0.3, 0.4) is 0 Å². The van der Waals surface area contributed by atoms with Crippen LogP contribution in [0.4, 0.5) is 0 Å². The maximum atomic E-state index is 12.9. The lowest BCUT2D eigenvalue weighted by Crippen LogP contribution is -2.57. The van der Waals surface area contributed by atoms with E-state index in [0.717, 1.165) is 0 Å². The number of nitrogens with one attached hydrogen (secondary N) is 1. The Balaban J connectivity index is 2.51. The van der Waals surface area contributed by atoms with Gasteiger partial charge in [-0.2, -0.15) is 4.31 Å². The van der Waals surface area contributed by atoms with Gasteiger partial charge in [0.15, 0.2) is 0 Å². The lowest BCUT2D eigenvalue weighted by atomic mass is 10.2. The van der Waals surface area contributed by atoms with Gasteiger partial charge in [0.2, 0.25) is 10.0 Å². The van der Waals surface area contributed by atoms with Gasteiger partial charge in [0.05, 0.1) is 7.11 Å². The first-order chi connectivity index (χ1) is 9.37. The summed E-state index contributed by atoms with van der Waals surface area (Å²) in [6, 6.07) is 4.84. The predicted octanol–water partition coefficient (Wildman–Crippen LogP) is 1.83. The first-order valence-electron chi connectivity index (χ1n) is 6.45. The lowest BCUT2D eigenvalue weighted by molar-refractivity contribution is 0.219. The summed E-state index contributed by atoms with van der Waals surface area (Å²) in [6.45, 7) is 5.12. The quantitative estimate of drug-likeness (QED) is 0.890. The summed E-state index contributed by atoms with van der Waals surface area (Å²) in [5.41, 5.74) is 0. The average molecular weight is 363 g/mol. The molecule has 5 nitrogen and oxygen atoms in total. The fourth-order valence-corrected chi connectivity index (χ4v) is 5.07. The van der Waals surface area contributed by atoms with Gasteiger partial charge in [-0.1, -0.05) is 15.9 Å². The van der Waals surface area contributed by atoms with Crippen LogP contribution in [0, 0.1) is 0 Å². The van der Waals surface area contributed by atoms with E-state index in [9.17, 15) is 8.42 Å². The van der Waals surface area contributed by atoms with Crippen LogP contribution in [0.2, 0.25) is 0 Å². The van der Waals surface area contributed by atoms with E-state index in [1.165, 1.54) is 7.11 Å². The van der Waals surface area contributed by atoms with E-state index in [1.54, 1.807) is 22.5 Å². The fourth-order valence-electron chi connectivity index (χ4n) is 2.55. The Labute approximate surface area is 128 Å². The lowest BCUT2D eigenvalue weighted by Gasteiger charge is -2.38. The van der Waals surface area contributed by atoms with Crippen molar-refractivity contribution in [2.75, 3.05) is 20.2 Å². The molecule has 1 fully saturated rings. The van der Waals surface area contributed by atoms with E-state index >= 15 is 0 Å². The van der Waals surface area contributed by atoms with Crippen LogP contribution in [-0.4, -0.2) is 45.0 Å². The third kappa shape index (κ3) is 2.86. The number of halogens is 1. The zero-order chi connectivity index (χ0) is 14.9. The highest BCUT2D eigenvalue weighted by atomic mass is 79.9. The Morgan fingerprint density at radius 3 is 2.45 bits per heavy atom. The van der Waals surface area contributed by atoms with Crippen molar-refractivity contribution in [2.45, 2.75) is 30.8 Å². The van der Waals surface area contributed by atoms with Gasteiger partial charge in [0.25, 0.3) is 0 Å². The normalized spacial score (nSPS) is 24.6. The second-order valence-electron chi connectivity index (χ2n) is 4.99. The van der Waals surface area contributed by atoms with Crippen molar-refractivity contribution in [1.82, 2.24) is 9.62 Å². The molecular formula is C13H19BrN2O3S. The van der Waals surface area contributed by atoms with Crippen LogP contribution < -0.4 is 10.1 Å². The van der Waals surface area contributed by atoms with E-state index in [4.69, 9.17) is 4.74 Å². The van der Waals surface area contributed by atoms with Gasteiger partial charge in [0.1, 0.15) is 10.6 Å². The van der Waals surface area contributed by atoms with Gasteiger partial charge in [-0.25, -0.2) is 8.42 Å². The summed E-state index contributed by atoms with van der Waals surface area (Å²) >= 11 is 3.32. The molecule has 1 N–H and O–H groups in total. The molecule has 0 amide bonds. The summed E-state index contributed by atoms with van der Waals surface area (Å²) in [7, 11) is -2.11. The van der Waals surface area contributed by atoms with Crippen LogP contribution in [0.25, 0.3) is 0 Å². The number of rotatable bonds is 3. The minimum absolute atomic E-state index is 0.0903. The molecule has 20 heavy (non-hydrogen) atoms. The molecule has 1 aromatic rings. The minimum Gasteiger partial charge on any atom is -0.495 e. The molecule has 1 aliphatic rings. The molecule has 0 aliphatic carbocycles. The van der Waals surface area contributed by atoms with E-state index in [-0.39, 0.29) is 17.0 Å². The number of sulfonamides is 1. The van der Waals surface area contributed by atoms with Gasteiger partial charge in [-0.05, 0) is 32.0 Å². The van der Waals surface area contributed by atoms with Crippen LogP contribution in [0.15, 0.2) is 27.6 Å². The Bertz CT molecular complexity index is 581. The topological polar surface area (TPSA) is 58.6 Å². The molecule has 2 rings (SSSR count). The van der Waals surface area contributed by atoms with Gasteiger partial charge in [-0.3, -0.25) is 0 Å². The van der Waals surface area contributed by atoms with Gasteiger partial charge >= 0.3 is 0 Å². The molecule has 7 heteroatoms. The van der Waals surface area contributed by atoms with E-state index in [0.29, 0.717) is 23.3 Å². The van der Waals surface area contributed by atoms with Crippen molar-refractivity contribution in [1.29, 1.82) is 0 Å². The molecule has 0 radical (unpaired) electrons. The number of hydrogen-bond acceptors (Lipinski definition) is 4. The number of nitrogens with zero attached hydrogens (tertiary/aromatic N) is 1. The van der Waals surface area contributed by atoms with Crippen molar-refractivity contribution in [2.24, 2.45) is 0 Å². The molecule has 1 saturated heterocycles.